The topological polar surface area (TPSA) is 73.6 Å². The number of hydrogen-bond donors (Lipinski definition) is 2. The third kappa shape index (κ3) is 3.61. The van der Waals surface area contributed by atoms with Crippen molar-refractivity contribution in [2.24, 2.45) is 11.1 Å². The van der Waals surface area contributed by atoms with Crippen LogP contribution in [-0.4, -0.2) is 19.2 Å². The molecule has 5 heteroatoms. The Balaban J connectivity index is 1.60. The van der Waals surface area contributed by atoms with Gasteiger partial charge in [-0.3, -0.25) is 4.79 Å². The maximum atomic E-state index is 12.5. The van der Waals surface area contributed by atoms with Crippen molar-refractivity contribution in [1.82, 2.24) is 5.32 Å². The molecule has 1 aromatic carbocycles. The molecule has 1 aromatic rings. The van der Waals surface area contributed by atoms with Gasteiger partial charge in [-0.25, -0.2) is 0 Å². The van der Waals surface area contributed by atoms with Gasteiger partial charge in [-0.2, -0.15) is 0 Å². The van der Waals surface area contributed by atoms with Crippen LogP contribution in [0.15, 0.2) is 18.2 Å². The lowest BCUT2D eigenvalue weighted by Gasteiger charge is -2.36. The molecule has 1 fully saturated rings. The molecule has 0 bridgehead atoms. The molecule has 1 aliphatic carbocycles. The highest BCUT2D eigenvalue weighted by atomic mass is 16.7. The first-order chi connectivity index (χ1) is 11.1. The van der Waals surface area contributed by atoms with Crippen molar-refractivity contribution in [2.75, 3.05) is 13.3 Å². The zero-order valence-electron chi connectivity index (χ0n) is 13.8. The Morgan fingerprint density at radius 2 is 2.00 bits per heavy atom. The Morgan fingerprint density at radius 3 is 2.74 bits per heavy atom. The summed E-state index contributed by atoms with van der Waals surface area (Å²) >= 11 is 0. The highest BCUT2D eigenvalue weighted by Gasteiger charge is 2.33. The number of rotatable bonds is 5. The van der Waals surface area contributed by atoms with E-state index in [1.165, 1.54) is 19.3 Å². The van der Waals surface area contributed by atoms with Crippen LogP contribution in [0, 0.1) is 5.41 Å². The summed E-state index contributed by atoms with van der Waals surface area (Å²) in [6.45, 7) is 2.85. The van der Waals surface area contributed by atoms with Gasteiger partial charge in [0.25, 0.3) is 0 Å². The van der Waals surface area contributed by atoms with Gasteiger partial charge in [0.2, 0.25) is 12.7 Å². The summed E-state index contributed by atoms with van der Waals surface area (Å²) in [7, 11) is 0. The third-order valence-corrected chi connectivity index (χ3v) is 5.16. The minimum absolute atomic E-state index is 0.00304. The predicted molar refractivity (Wildman–Crippen MR) is 88.3 cm³/mol. The molecule has 0 radical (unpaired) electrons. The standard InChI is InChI=1S/C18H26N2O3/c1-13(14-5-6-15-16(9-14)23-12-22-15)20-17(21)10-18(11-19)7-3-2-4-8-18/h5-6,9,13H,2-4,7-8,10-12,19H2,1H3,(H,20,21). The molecule has 0 saturated heterocycles. The van der Waals surface area contributed by atoms with Crippen molar-refractivity contribution in [1.29, 1.82) is 0 Å². The zero-order valence-corrected chi connectivity index (χ0v) is 13.8. The highest BCUT2D eigenvalue weighted by molar-refractivity contribution is 5.77. The number of hydrogen-bond acceptors (Lipinski definition) is 4. The van der Waals surface area contributed by atoms with Gasteiger partial charge in [-0.15, -0.1) is 0 Å². The lowest BCUT2D eigenvalue weighted by Crippen LogP contribution is -2.39. The lowest BCUT2D eigenvalue weighted by atomic mass is 9.71. The first-order valence-electron chi connectivity index (χ1n) is 8.51. The van der Waals surface area contributed by atoms with Gasteiger partial charge >= 0.3 is 0 Å². The van der Waals surface area contributed by atoms with E-state index in [2.05, 4.69) is 5.32 Å². The van der Waals surface area contributed by atoms with E-state index in [-0.39, 0.29) is 24.2 Å². The summed E-state index contributed by atoms with van der Waals surface area (Å²) in [5.74, 6) is 1.59. The van der Waals surface area contributed by atoms with E-state index < -0.39 is 0 Å². The quantitative estimate of drug-likeness (QED) is 0.875. The summed E-state index contributed by atoms with van der Waals surface area (Å²) in [6.07, 6.45) is 6.28. The Kier molecular flexibility index (Phi) is 4.76. The minimum Gasteiger partial charge on any atom is -0.454 e. The van der Waals surface area contributed by atoms with E-state index >= 15 is 0 Å². The van der Waals surface area contributed by atoms with Gasteiger partial charge in [-0.1, -0.05) is 25.3 Å². The van der Waals surface area contributed by atoms with Crippen LogP contribution >= 0.6 is 0 Å². The molecule has 1 amide bonds. The highest BCUT2D eigenvalue weighted by Crippen LogP contribution is 2.38. The fourth-order valence-corrected chi connectivity index (χ4v) is 3.65. The third-order valence-electron chi connectivity index (χ3n) is 5.16. The Bertz CT molecular complexity index is 567. The van der Waals surface area contributed by atoms with Crippen molar-refractivity contribution in [3.8, 4) is 11.5 Å². The summed E-state index contributed by atoms with van der Waals surface area (Å²) < 4.78 is 10.7. The van der Waals surface area contributed by atoms with Crippen molar-refractivity contribution >= 4 is 5.91 Å². The fraction of sp³-hybridized carbons (Fsp3) is 0.611. The van der Waals surface area contributed by atoms with E-state index in [4.69, 9.17) is 15.2 Å². The van der Waals surface area contributed by atoms with Gasteiger partial charge < -0.3 is 20.5 Å². The van der Waals surface area contributed by atoms with E-state index in [0.717, 1.165) is 29.9 Å². The smallest absolute Gasteiger partial charge is 0.231 e. The van der Waals surface area contributed by atoms with Crippen LogP contribution in [0.4, 0.5) is 0 Å². The van der Waals surface area contributed by atoms with E-state index in [0.29, 0.717) is 13.0 Å². The largest absolute Gasteiger partial charge is 0.454 e. The number of benzene rings is 1. The maximum Gasteiger partial charge on any atom is 0.231 e. The summed E-state index contributed by atoms with van der Waals surface area (Å²) in [5, 5.41) is 3.10. The molecule has 0 aromatic heterocycles. The number of carbonyl (C=O) groups is 1. The van der Waals surface area contributed by atoms with Crippen LogP contribution in [0.2, 0.25) is 0 Å². The zero-order chi connectivity index (χ0) is 16.3. The van der Waals surface area contributed by atoms with Crippen LogP contribution in [0.5, 0.6) is 11.5 Å². The molecule has 2 aliphatic rings. The fourth-order valence-electron chi connectivity index (χ4n) is 3.65. The molecular weight excluding hydrogens is 292 g/mol. The van der Waals surface area contributed by atoms with E-state index in [1.54, 1.807) is 0 Å². The summed E-state index contributed by atoms with van der Waals surface area (Å²) in [5.41, 5.74) is 7.00. The second-order valence-electron chi connectivity index (χ2n) is 6.84. The first-order valence-corrected chi connectivity index (χ1v) is 8.51. The Labute approximate surface area is 137 Å². The maximum absolute atomic E-state index is 12.5. The molecule has 126 valence electrons. The number of nitrogens with two attached hydrogens (primary N) is 1. The monoisotopic (exact) mass is 318 g/mol. The second-order valence-corrected chi connectivity index (χ2v) is 6.84. The summed E-state index contributed by atoms with van der Waals surface area (Å²) in [6, 6.07) is 5.74. The minimum atomic E-state index is -0.0598. The van der Waals surface area contributed by atoms with Crippen LogP contribution < -0.4 is 20.5 Å². The molecule has 1 heterocycles. The number of nitrogens with one attached hydrogen (secondary N) is 1. The molecule has 1 saturated carbocycles. The molecule has 0 spiro atoms. The van der Waals surface area contributed by atoms with Gasteiger partial charge in [0, 0.05) is 6.42 Å². The van der Waals surface area contributed by atoms with Gasteiger partial charge in [-0.05, 0) is 49.4 Å². The molecule has 3 N–H and O–H groups in total. The van der Waals surface area contributed by atoms with Gasteiger partial charge in [0.1, 0.15) is 0 Å². The predicted octanol–water partition coefficient (Wildman–Crippen LogP) is 2.89. The van der Waals surface area contributed by atoms with Crippen LogP contribution in [0.25, 0.3) is 0 Å². The number of fused-ring (bicyclic) bond motifs is 1. The SMILES string of the molecule is CC(NC(=O)CC1(CN)CCCCC1)c1ccc2c(c1)OCO2. The van der Waals surface area contributed by atoms with E-state index in [9.17, 15) is 4.79 Å². The van der Waals surface area contributed by atoms with E-state index in [1.807, 2.05) is 25.1 Å². The molecule has 1 aliphatic heterocycles. The average molecular weight is 318 g/mol. The molecule has 1 atom stereocenters. The van der Waals surface area contributed by atoms with Crippen molar-refractivity contribution in [3.63, 3.8) is 0 Å². The number of ether oxygens (including phenoxy) is 2. The second kappa shape index (κ2) is 6.79. The molecule has 3 rings (SSSR count). The molecule has 1 unspecified atom stereocenters. The number of carbonyl (C=O) groups excluding carboxylic acids is 1. The number of amides is 1. The molecule has 23 heavy (non-hydrogen) atoms. The van der Waals surface area contributed by atoms with Crippen LogP contribution in [-0.2, 0) is 4.79 Å². The first kappa shape index (κ1) is 16.1. The van der Waals surface area contributed by atoms with Crippen molar-refractivity contribution in [3.05, 3.63) is 23.8 Å². The van der Waals surface area contributed by atoms with Crippen LogP contribution in [0.3, 0.4) is 0 Å². The van der Waals surface area contributed by atoms with Crippen LogP contribution in [0.1, 0.15) is 57.1 Å². The van der Waals surface area contributed by atoms with Gasteiger partial charge in [0.05, 0.1) is 6.04 Å². The average Bonchev–Trinajstić information content (AvgIpc) is 3.03. The normalized spacial score (nSPS) is 20.1. The molecular formula is C18H26N2O3. The van der Waals surface area contributed by atoms with Crippen molar-refractivity contribution in [2.45, 2.75) is 51.5 Å². The Hall–Kier alpha value is -1.75. The van der Waals surface area contributed by atoms with Crippen molar-refractivity contribution < 1.29 is 14.3 Å². The lowest BCUT2D eigenvalue weighted by molar-refractivity contribution is -0.124. The Morgan fingerprint density at radius 1 is 1.26 bits per heavy atom. The van der Waals surface area contributed by atoms with Gasteiger partial charge in [0.15, 0.2) is 11.5 Å². The summed E-state index contributed by atoms with van der Waals surface area (Å²) in [4.78, 5) is 12.5. The molecule has 5 nitrogen and oxygen atoms in total.